The molecule has 2 heteroatoms. The molecule has 0 saturated carbocycles. The van der Waals surface area contributed by atoms with Crippen molar-refractivity contribution in [1.82, 2.24) is 5.32 Å². The van der Waals surface area contributed by atoms with Crippen LogP contribution in [0.2, 0.25) is 0 Å². The van der Waals surface area contributed by atoms with E-state index >= 15 is 0 Å². The summed E-state index contributed by atoms with van der Waals surface area (Å²) in [6.07, 6.45) is 2.11. The second kappa shape index (κ2) is 7.84. The van der Waals surface area contributed by atoms with Gasteiger partial charge in [0.25, 0.3) is 0 Å². The highest BCUT2D eigenvalue weighted by atomic mass is 16.3. The minimum Gasteiger partial charge on any atom is -0.508 e. The first-order valence-electron chi connectivity index (χ1n) is 7.71. The molecule has 2 aromatic rings. The highest BCUT2D eigenvalue weighted by Gasteiger charge is 2.12. The van der Waals surface area contributed by atoms with Crippen molar-refractivity contribution in [2.45, 2.75) is 32.7 Å². The molecule has 2 N–H and O–H groups in total. The number of hydrogen-bond acceptors (Lipinski definition) is 2. The summed E-state index contributed by atoms with van der Waals surface area (Å²) in [6.45, 7) is 5.46. The predicted octanol–water partition coefficient (Wildman–Crippen LogP) is 4.31. The third-order valence-corrected chi connectivity index (χ3v) is 3.65. The second-order valence-corrected chi connectivity index (χ2v) is 5.96. The van der Waals surface area contributed by atoms with Crippen LogP contribution in [0.25, 0.3) is 0 Å². The molecule has 2 rings (SSSR count). The van der Waals surface area contributed by atoms with Crippen molar-refractivity contribution < 1.29 is 5.11 Å². The normalized spacial score (nSPS) is 12.5. The SMILES string of the molecule is CC(C)CC(NCCc1ccc(O)cc1)c1ccccc1. The van der Waals surface area contributed by atoms with E-state index in [1.807, 2.05) is 12.1 Å². The first-order valence-corrected chi connectivity index (χ1v) is 7.71. The third kappa shape index (κ3) is 5.24. The van der Waals surface area contributed by atoms with Crippen LogP contribution in [0.15, 0.2) is 54.6 Å². The van der Waals surface area contributed by atoms with E-state index in [-0.39, 0.29) is 0 Å². The molecule has 2 nitrogen and oxygen atoms in total. The molecule has 21 heavy (non-hydrogen) atoms. The van der Waals surface area contributed by atoms with Gasteiger partial charge in [0.1, 0.15) is 5.75 Å². The highest BCUT2D eigenvalue weighted by Crippen LogP contribution is 2.21. The number of rotatable bonds is 7. The maximum absolute atomic E-state index is 9.30. The van der Waals surface area contributed by atoms with Gasteiger partial charge in [-0.1, -0.05) is 56.3 Å². The van der Waals surface area contributed by atoms with Crippen LogP contribution in [0.1, 0.15) is 37.4 Å². The van der Waals surface area contributed by atoms with E-state index in [1.165, 1.54) is 11.1 Å². The van der Waals surface area contributed by atoms with Crippen LogP contribution in [0.5, 0.6) is 5.75 Å². The molecule has 0 aliphatic heterocycles. The fourth-order valence-corrected chi connectivity index (χ4v) is 2.55. The van der Waals surface area contributed by atoms with Gasteiger partial charge in [-0.2, -0.15) is 0 Å². The molecular formula is C19H25NO. The van der Waals surface area contributed by atoms with Crippen molar-refractivity contribution in [3.8, 4) is 5.75 Å². The molecule has 0 bridgehead atoms. The number of nitrogens with one attached hydrogen (secondary N) is 1. The summed E-state index contributed by atoms with van der Waals surface area (Å²) in [5.41, 5.74) is 2.61. The van der Waals surface area contributed by atoms with Crippen LogP contribution < -0.4 is 5.32 Å². The van der Waals surface area contributed by atoms with Crippen LogP contribution in [-0.2, 0) is 6.42 Å². The van der Waals surface area contributed by atoms with Gasteiger partial charge in [-0.25, -0.2) is 0 Å². The molecule has 0 spiro atoms. The Bertz CT molecular complexity index is 519. The van der Waals surface area contributed by atoms with Crippen LogP contribution in [0.3, 0.4) is 0 Å². The van der Waals surface area contributed by atoms with Crippen molar-refractivity contribution in [2.75, 3.05) is 6.54 Å². The lowest BCUT2D eigenvalue weighted by molar-refractivity contribution is 0.432. The fourth-order valence-electron chi connectivity index (χ4n) is 2.55. The lowest BCUT2D eigenvalue weighted by Crippen LogP contribution is -2.25. The fraction of sp³-hybridized carbons (Fsp3) is 0.368. The minimum absolute atomic E-state index is 0.327. The maximum Gasteiger partial charge on any atom is 0.115 e. The average Bonchev–Trinajstić information content (AvgIpc) is 2.49. The second-order valence-electron chi connectivity index (χ2n) is 5.96. The lowest BCUT2D eigenvalue weighted by Gasteiger charge is -2.21. The first kappa shape index (κ1) is 15.6. The molecule has 0 fully saturated rings. The molecule has 0 aromatic heterocycles. The van der Waals surface area contributed by atoms with Crippen LogP contribution in [0.4, 0.5) is 0 Å². The predicted molar refractivity (Wildman–Crippen MR) is 88.5 cm³/mol. The molecule has 112 valence electrons. The Morgan fingerprint density at radius 2 is 1.62 bits per heavy atom. The summed E-state index contributed by atoms with van der Waals surface area (Å²) in [6, 6.07) is 18.5. The van der Waals surface area contributed by atoms with Crippen molar-refractivity contribution in [1.29, 1.82) is 0 Å². The van der Waals surface area contributed by atoms with E-state index in [0.29, 0.717) is 17.7 Å². The average molecular weight is 283 g/mol. The molecule has 0 aliphatic rings. The van der Waals surface area contributed by atoms with E-state index in [9.17, 15) is 5.11 Å². The molecule has 0 heterocycles. The number of phenolic OH excluding ortho intramolecular Hbond substituents is 1. The van der Waals surface area contributed by atoms with E-state index < -0.39 is 0 Å². The lowest BCUT2D eigenvalue weighted by atomic mass is 9.97. The minimum atomic E-state index is 0.327. The Morgan fingerprint density at radius 1 is 0.952 bits per heavy atom. The van der Waals surface area contributed by atoms with Crippen molar-refractivity contribution in [3.05, 3.63) is 65.7 Å². The molecule has 0 saturated heterocycles. The van der Waals surface area contributed by atoms with E-state index in [4.69, 9.17) is 0 Å². The molecule has 2 aromatic carbocycles. The monoisotopic (exact) mass is 283 g/mol. The summed E-state index contributed by atoms with van der Waals surface area (Å²) < 4.78 is 0. The summed E-state index contributed by atoms with van der Waals surface area (Å²) in [5, 5.41) is 13.0. The Hall–Kier alpha value is -1.80. The van der Waals surface area contributed by atoms with E-state index in [2.05, 4.69) is 49.5 Å². The van der Waals surface area contributed by atoms with Gasteiger partial charge in [-0.05, 0) is 48.6 Å². The van der Waals surface area contributed by atoms with Crippen molar-refractivity contribution in [3.63, 3.8) is 0 Å². The van der Waals surface area contributed by atoms with Gasteiger partial charge in [-0.15, -0.1) is 0 Å². The maximum atomic E-state index is 9.30. The summed E-state index contributed by atoms with van der Waals surface area (Å²) in [4.78, 5) is 0. The van der Waals surface area contributed by atoms with Gasteiger partial charge in [-0.3, -0.25) is 0 Å². The third-order valence-electron chi connectivity index (χ3n) is 3.65. The van der Waals surface area contributed by atoms with Gasteiger partial charge in [0.2, 0.25) is 0 Å². The van der Waals surface area contributed by atoms with E-state index in [1.54, 1.807) is 12.1 Å². The standard InChI is InChI=1S/C19H25NO/c1-15(2)14-19(17-6-4-3-5-7-17)20-13-12-16-8-10-18(21)11-9-16/h3-11,15,19-21H,12-14H2,1-2H3. The molecule has 0 amide bonds. The Labute approximate surface area is 127 Å². The Kier molecular flexibility index (Phi) is 5.82. The number of hydrogen-bond donors (Lipinski definition) is 2. The topological polar surface area (TPSA) is 32.3 Å². The van der Waals surface area contributed by atoms with Crippen LogP contribution in [-0.4, -0.2) is 11.7 Å². The number of aromatic hydroxyl groups is 1. The zero-order valence-electron chi connectivity index (χ0n) is 12.9. The zero-order valence-corrected chi connectivity index (χ0v) is 12.9. The quantitative estimate of drug-likeness (QED) is 0.793. The van der Waals surface area contributed by atoms with Crippen LogP contribution >= 0.6 is 0 Å². The smallest absolute Gasteiger partial charge is 0.115 e. The molecule has 1 atom stereocenters. The summed E-state index contributed by atoms with van der Waals surface area (Å²) in [5.74, 6) is 0.991. The number of benzene rings is 2. The van der Waals surface area contributed by atoms with E-state index in [0.717, 1.165) is 19.4 Å². The van der Waals surface area contributed by atoms with Gasteiger partial charge in [0, 0.05) is 6.04 Å². The Morgan fingerprint density at radius 3 is 2.24 bits per heavy atom. The molecular weight excluding hydrogens is 258 g/mol. The zero-order chi connectivity index (χ0) is 15.1. The molecule has 0 radical (unpaired) electrons. The highest BCUT2D eigenvalue weighted by molar-refractivity contribution is 5.26. The number of phenols is 1. The summed E-state index contributed by atoms with van der Waals surface area (Å²) >= 11 is 0. The van der Waals surface area contributed by atoms with Crippen molar-refractivity contribution >= 4 is 0 Å². The summed E-state index contributed by atoms with van der Waals surface area (Å²) in [7, 11) is 0. The van der Waals surface area contributed by atoms with Gasteiger partial charge in [0.05, 0.1) is 0 Å². The van der Waals surface area contributed by atoms with Gasteiger partial charge >= 0.3 is 0 Å². The largest absolute Gasteiger partial charge is 0.508 e. The molecule has 1 unspecified atom stereocenters. The molecule has 0 aliphatic carbocycles. The van der Waals surface area contributed by atoms with Crippen LogP contribution in [0, 0.1) is 5.92 Å². The van der Waals surface area contributed by atoms with Gasteiger partial charge < -0.3 is 10.4 Å². The first-order chi connectivity index (χ1) is 10.1. The Balaban J connectivity index is 1.91. The van der Waals surface area contributed by atoms with Gasteiger partial charge in [0.15, 0.2) is 0 Å². The van der Waals surface area contributed by atoms with Crippen molar-refractivity contribution in [2.24, 2.45) is 5.92 Å².